The molecule has 0 unspecified atom stereocenters. The molecule has 4 nitrogen and oxygen atoms in total. The summed E-state index contributed by atoms with van der Waals surface area (Å²) >= 11 is 0. The second-order valence-corrected chi connectivity index (χ2v) is 8.02. The van der Waals surface area contributed by atoms with Crippen molar-refractivity contribution < 1.29 is 14.2 Å². The molecule has 1 aromatic heterocycles. The topological polar surface area (TPSA) is 57.3 Å². The van der Waals surface area contributed by atoms with Gasteiger partial charge in [-0.1, -0.05) is 24.3 Å². The first-order valence-corrected chi connectivity index (χ1v) is 10.9. The van der Waals surface area contributed by atoms with Crippen LogP contribution in [0.4, 0.5) is 4.39 Å². The third-order valence-electron chi connectivity index (χ3n) is 5.94. The average Bonchev–Trinajstić information content (AvgIpc) is 3.23. The van der Waals surface area contributed by atoms with Crippen molar-refractivity contribution in [3.63, 3.8) is 0 Å². The highest BCUT2D eigenvalue weighted by Gasteiger charge is 2.14. The van der Waals surface area contributed by atoms with Crippen molar-refractivity contribution in [1.82, 2.24) is 10.3 Å². The van der Waals surface area contributed by atoms with E-state index in [9.17, 15) is 9.50 Å². The number of aryl methyl sites for hydroxylation is 1. The van der Waals surface area contributed by atoms with Crippen LogP contribution in [0.2, 0.25) is 0 Å². The molecule has 0 aliphatic rings. The molecule has 3 N–H and O–H groups in total. The van der Waals surface area contributed by atoms with E-state index < -0.39 is 0 Å². The Morgan fingerprint density at radius 1 is 1.00 bits per heavy atom. The van der Waals surface area contributed by atoms with Gasteiger partial charge in [0.25, 0.3) is 0 Å². The van der Waals surface area contributed by atoms with Crippen LogP contribution in [0.5, 0.6) is 11.5 Å². The van der Waals surface area contributed by atoms with Crippen LogP contribution in [0.3, 0.4) is 0 Å². The molecule has 4 rings (SSSR count). The van der Waals surface area contributed by atoms with Gasteiger partial charge in [0.15, 0.2) is 0 Å². The molecule has 0 aliphatic carbocycles. The molecule has 0 fully saturated rings. The number of nitrogens with one attached hydrogen (secondary N) is 2. The summed E-state index contributed by atoms with van der Waals surface area (Å²) in [5.74, 6) is 1.12. The van der Waals surface area contributed by atoms with Crippen LogP contribution in [0.25, 0.3) is 22.2 Å². The van der Waals surface area contributed by atoms with E-state index in [-0.39, 0.29) is 6.67 Å². The maximum absolute atomic E-state index is 12.4. The number of aromatic nitrogens is 1. The maximum Gasteiger partial charge on any atom is 0.119 e. The zero-order valence-electron chi connectivity index (χ0n) is 18.5. The Kier molecular flexibility index (Phi) is 6.76. The van der Waals surface area contributed by atoms with Gasteiger partial charge < -0.3 is 20.1 Å². The lowest BCUT2D eigenvalue weighted by Crippen LogP contribution is -2.20. The predicted octanol–water partition coefficient (Wildman–Crippen LogP) is 5.55. The summed E-state index contributed by atoms with van der Waals surface area (Å²) < 4.78 is 17.7. The second-order valence-electron chi connectivity index (χ2n) is 8.02. The normalized spacial score (nSPS) is 11.2. The quantitative estimate of drug-likeness (QED) is 0.304. The van der Waals surface area contributed by atoms with E-state index in [4.69, 9.17) is 4.74 Å². The van der Waals surface area contributed by atoms with Crippen molar-refractivity contribution in [3.8, 4) is 22.8 Å². The number of fused-ring (bicyclic) bond motifs is 1. The van der Waals surface area contributed by atoms with Gasteiger partial charge in [-0.05, 0) is 73.0 Å². The van der Waals surface area contributed by atoms with E-state index in [0.29, 0.717) is 18.7 Å². The Bertz CT molecular complexity index is 1220. The van der Waals surface area contributed by atoms with Crippen molar-refractivity contribution in [2.75, 3.05) is 26.9 Å². The van der Waals surface area contributed by atoms with Gasteiger partial charge >= 0.3 is 0 Å². The van der Waals surface area contributed by atoms with Crippen LogP contribution in [0.15, 0.2) is 60.7 Å². The number of rotatable bonds is 9. The molecule has 0 bridgehead atoms. The molecule has 0 amide bonds. The van der Waals surface area contributed by atoms with Crippen LogP contribution < -0.4 is 10.1 Å². The number of phenols is 1. The second kappa shape index (κ2) is 9.88. The third kappa shape index (κ3) is 4.63. The van der Waals surface area contributed by atoms with Gasteiger partial charge in [-0.15, -0.1) is 0 Å². The van der Waals surface area contributed by atoms with E-state index >= 15 is 0 Å². The fraction of sp³-hybridized carbons (Fsp3) is 0.259. The lowest BCUT2D eigenvalue weighted by atomic mass is 9.95. The van der Waals surface area contributed by atoms with E-state index in [2.05, 4.69) is 41.5 Å². The summed E-state index contributed by atoms with van der Waals surface area (Å²) in [6, 6.07) is 20.1. The first-order chi connectivity index (χ1) is 15.6. The molecule has 0 saturated heterocycles. The number of alkyl halides is 1. The number of hydrogen-bond donors (Lipinski definition) is 3. The Hall–Kier alpha value is -3.31. The van der Waals surface area contributed by atoms with Crippen molar-refractivity contribution in [3.05, 3.63) is 82.9 Å². The zero-order valence-corrected chi connectivity index (χ0v) is 18.5. The zero-order chi connectivity index (χ0) is 22.5. The molecule has 0 spiro atoms. The van der Waals surface area contributed by atoms with Crippen LogP contribution in [0.1, 0.15) is 22.3 Å². The number of ether oxygens (including phenoxy) is 1. The van der Waals surface area contributed by atoms with Gasteiger partial charge in [-0.3, -0.25) is 0 Å². The average molecular weight is 433 g/mol. The van der Waals surface area contributed by atoms with Crippen molar-refractivity contribution in [1.29, 1.82) is 0 Å². The lowest BCUT2D eigenvalue weighted by Gasteiger charge is -2.12. The minimum Gasteiger partial charge on any atom is -0.508 e. The summed E-state index contributed by atoms with van der Waals surface area (Å²) in [5.41, 5.74) is 7.50. The molecule has 3 aromatic carbocycles. The molecule has 1 heterocycles. The smallest absolute Gasteiger partial charge is 0.119 e. The standard InChI is InChI=1S/C27H29FN2O2/c1-18-15-21(32-2)7-8-22(18)26-17-23-24(27(31)10-9-25(23)30-26)16-20-6-4-3-5-19(20)11-13-29-14-12-28/h3-10,15,17,29-31H,11-14,16H2,1-2H3. The molecular weight excluding hydrogens is 403 g/mol. The Balaban J connectivity index is 1.68. The van der Waals surface area contributed by atoms with E-state index in [1.807, 2.05) is 30.3 Å². The summed E-state index contributed by atoms with van der Waals surface area (Å²) in [4.78, 5) is 3.51. The van der Waals surface area contributed by atoms with E-state index in [1.54, 1.807) is 13.2 Å². The van der Waals surface area contributed by atoms with Gasteiger partial charge in [-0.2, -0.15) is 0 Å². The molecule has 4 aromatic rings. The van der Waals surface area contributed by atoms with Crippen molar-refractivity contribution in [2.45, 2.75) is 19.8 Å². The lowest BCUT2D eigenvalue weighted by molar-refractivity contribution is 0.414. The Morgan fingerprint density at radius 2 is 1.81 bits per heavy atom. The number of hydrogen-bond acceptors (Lipinski definition) is 3. The fourth-order valence-electron chi connectivity index (χ4n) is 4.23. The van der Waals surface area contributed by atoms with Crippen molar-refractivity contribution in [2.24, 2.45) is 0 Å². The largest absolute Gasteiger partial charge is 0.508 e. The molecule has 5 heteroatoms. The number of aromatic hydroxyl groups is 1. The summed E-state index contributed by atoms with van der Waals surface area (Å²) in [5, 5.41) is 14.9. The highest BCUT2D eigenvalue weighted by atomic mass is 19.1. The van der Waals surface area contributed by atoms with Gasteiger partial charge in [-0.25, -0.2) is 4.39 Å². The third-order valence-corrected chi connectivity index (χ3v) is 5.94. The molecule has 32 heavy (non-hydrogen) atoms. The molecule has 0 aliphatic heterocycles. The molecule has 0 atom stereocenters. The molecule has 0 radical (unpaired) electrons. The van der Waals surface area contributed by atoms with Crippen molar-refractivity contribution >= 4 is 10.9 Å². The first kappa shape index (κ1) is 21.9. The first-order valence-electron chi connectivity index (χ1n) is 10.9. The highest BCUT2D eigenvalue weighted by molar-refractivity contribution is 5.91. The number of H-pyrrole nitrogens is 1. The minimum absolute atomic E-state index is 0.292. The number of benzene rings is 3. The monoisotopic (exact) mass is 432 g/mol. The van der Waals surface area contributed by atoms with Gasteiger partial charge in [0.1, 0.15) is 18.2 Å². The highest BCUT2D eigenvalue weighted by Crippen LogP contribution is 2.35. The van der Waals surface area contributed by atoms with Crippen LogP contribution >= 0.6 is 0 Å². The number of methoxy groups -OCH3 is 1. The predicted molar refractivity (Wildman–Crippen MR) is 128 cm³/mol. The van der Waals surface area contributed by atoms with E-state index in [1.165, 1.54) is 11.1 Å². The Morgan fingerprint density at radius 3 is 2.56 bits per heavy atom. The van der Waals surface area contributed by atoms with E-state index in [0.717, 1.165) is 52.0 Å². The Labute approximate surface area is 188 Å². The van der Waals surface area contributed by atoms with Crippen LogP contribution in [-0.4, -0.2) is 37.0 Å². The van der Waals surface area contributed by atoms with Crippen LogP contribution in [0, 0.1) is 6.92 Å². The maximum atomic E-state index is 12.4. The number of halogens is 1. The fourth-order valence-corrected chi connectivity index (χ4v) is 4.23. The van der Waals surface area contributed by atoms with Gasteiger partial charge in [0, 0.05) is 40.7 Å². The summed E-state index contributed by atoms with van der Waals surface area (Å²) in [7, 11) is 1.67. The molecular formula is C27H29FN2O2. The minimum atomic E-state index is -0.360. The SMILES string of the molecule is COc1ccc(-c2cc3c(Cc4ccccc4CCNCCF)c(O)ccc3[nH]2)c(C)c1. The molecule has 166 valence electrons. The summed E-state index contributed by atoms with van der Waals surface area (Å²) in [6.07, 6.45) is 1.44. The number of aromatic amines is 1. The molecule has 0 saturated carbocycles. The van der Waals surface area contributed by atoms with Gasteiger partial charge in [0.2, 0.25) is 0 Å². The van der Waals surface area contributed by atoms with Gasteiger partial charge in [0.05, 0.1) is 7.11 Å². The summed E-state index contributed by atoms with van der Waals surface area (Å²) in [6.45, 7) is 2.80. The number of phenolic OH excluding ortho intramolecular Hbond substituents is 1. The van der Waals surface area contributed by atoms with Crippen LogP contribution in [-0.2, 0) is 12.8 Å².